The van der Waals surface area contributed by atoms with Gasteiger partial charge in [-0.3, -0.25) is 4.79 Å². The Bertz CT molecular complexity index is 760. The standard InChI is InChI=1S/C24H31NO5/c26-24-22(30-20-8-6-18(7-9-20)17-4-5-17)10-11-25(24)19-15-21(16-19)27-13-14-29-23-3-1-2-12-28-23/h6-10,17,19,21,23H,1-5,11-16H2/t19-,21+,23?. The molecular formula is C24H31NO5. The second kappa shape index (κ2) is 9.08. The second-order valence-corrected chi connectivity index (χ2v) is 8.76. The maximum Gasteiger partial charge on any atom is 0.289 e. The molecule has 0 spiro atoms. The molecule has 2 aliphatic heterocycles. The van der Waals surface area contributed by atoms with E-state index in [-0.39, 0.29) is 24.3 Å². The molecule has 6 nitrogen and oxygen atoms in total. The number of ether oxygens (including phenoxy) is 4. The summed E-state index contributed by atoms with van der Waals surface area (Å²) >= 11 is 0. The Hall–Kier alpha value is -1.89. The van der Waals surface area contributed by atoms with Crippen molar-refractivity contribution in [1.82, 2.24) is 4.90 Å². The third-order valence-corrected chi connectivity index (χ3v) is 6.49. The fourth-order valence-corrected chi connectivity index (χ4v) is 4.41. The van der Waals surface area contributed by atoms with Crippen LogP contribution in [0.4, 0.5) is 0 Å². The molecule has 162 valence electrons. The van der Waals surface area contributed by atoms with Gasteiger partial charge in [0.05, 0.1) is 19.3 Å². The highest BCUT2D eigenvalue weighted by molar-refractivity contribution is 5.94. The van der Waals surface area contributed by atoms with E-state index in [4.69, 9.17) is 18.9 Å². The van der Waals surface area contributed by atoms with Crippen molar-refractivity contribution in [1.29, 1.82) is 0 Å². The number of benzene rings is 1. The zero-order chi connectivity index (χ0) is 20.3. The number of amides is 1. The van der Waals surface area contributed by atoms with Crippen LogP contribution in [0.2, 0.25) is 0 Å². The van der Waals surface area contributed by atoms with E-state index in [0.29, 0.717) is 25.5 Å². The van der Waals surface area contributed by atoms with E-state index in [2.05, 4.69) is 12.1 Å². The number of carbonyl (C=O) groups is 1. The van der Waals surface area contributed by atoms with Gasteiger partial charge < -0.3 is 23.8 Å². The zero-order valence-electron chi connectivity index (χ0n) is 17.5. The molecule has 0 radical (unpaired) electrons. The highest BCUT2D eigenvalue weighted by Gasteiger charge is 2.40. The number of hydrogen-bond donors (Lipinski definition) is 0. The highest BCUT2D eigenvalue weighted by Crippen LogP contribution is 2.40. The van der Waals surface area contributed by atoms with Crippen LogP contribution in [-0.4, -0.2) is 55.6 Å². The first-order valence-corrected chi connectivity index (χ1v) is 11.4. The molecule has 0 bridgehead atoms. The predicted molar refractivity (Wildman–Crippen MR) is 111 cm³/mol. The van der Waals surface area contributed by atoms with Crippen LogP contribution in [0.1, 0.15) is 56.4 Å². The van der Waals surface area contributed by atoms with E-state index in [0.717, 1.165) is 44.0 Å². The minimum absolute atomic E-state index is 0.0116. The smallest absolute Gasteiger partial charge is 0.289 e. The lowest BCUT2D eigenvalue weighted by Crippen LogP contribution is -2.49. The van der Waals surface area contributed by atoms with Gasteiger partial charge in [0.2, 0.25) is 0 Å². The summed E-state index contributed by atoms with van der Waals surface area (Å²) in [6, 6.07) is 8.40. The molecule has 2 heterocycles. The van der Waals surface area contributed by atoms with Gasteiger partial charge in [-0.25, -0.2) is 0 Å². The molecule has 1 atom stereocenters. The fraction of sp³-hybridized carbons (Fsp3) is 0.625. The van der Waals surface area contributed by atoms with Gasteiger partial charge in [-0.15, -0.1) is 0 Å². The van der Waals surface area contributed by atoms with Crippen LogP contribution in [0.3, 0.4) is 0 Å². The van der Waals surface area contributed by atoms with Crippen LogP contribution < -0.4 is 4.74 Å². The van der Waals surface area contributed by atoms with Crippen LogP contribution in [0.5, 0.6) is 5.75 Å². The molecule has 6 heteroatoms. The minimum atomic E-state index is -0.0619. The van der Waals surface area contributed by atoms with Gasteiger partial charge in [-0.05, 0) is 74.6 Å². The van der Waals surface area contributed by atoms with E-state index in [9.17, 15) is 4.79 Å². The summed E-state index contributed by atoms with van der Waals surface area (Å²) in [6.07, 6.45) is 9.64. The molecule has 4 aliphatic rings. The van der Waals surface area contributed by atoms with E-state index in [1.807, 2.05) is 23.1 Å². The molecule has 0 aromatic heterocycles. The van der Waals surface area contributed by atoms with Crippen molar-refractivity contribution in [2.45, 2.75) is 69.3 Å². The molecule has 5 rings (SSSR count). The monoisotopic (exact) mass is 413 g/mol. The zero-order valence-corrected chi connectivity index (χ0v) is 17.5. The van der Waals surface area contributed by atoms with Gasteiger partial charge in [-0.1, -0.05) is 12.1 Å². The maximum absolute atomic E-state index is 12.7. The van der Waals surface area contributed by atoms with Crippen molar-refractivity contribution in [3.8, 4) is 5.75 Å². The molecule has 3 fully saturated rings. The van der Waals surface area contributed by atoms with Crippen LogP contribution >= 0.6 is 0 Å². The molecule has 1 amide bonds. The molecule has 0 N–H and O–H groups in total. The summed E-state index contributed by atoms with van der Waals surface area (Å²) in [4.78, 5) is 14.6. The Labute approximate surface area is 178 Å². The molecule has 2 saturated carbocycles. The van der Waals surface area contributed by atoms with Gasteiger partial charge in [0.25, 0.3) is 5.91 Å². The van der Waals surface area contributed by atoms with Crippen molar-refractivity contribution in [2.24, 2.45) is 0 Å². The summed E-state index contributed by atoms with van der Waals surface area (Å²) in [5.41, 5.74) is 1.37. The van der Waals surface area contributed by atoms with Gasteiger partial charge in [0.1, 0.15) is 5.75 Å². The van der Waals surface area contributed by atoms with E-state index >= 15 is 0 Å². The quantitative estimate of drug-likeness (QED) is 0.577. The Morgan fingerprint density at radius 2 is 1.80 bits per heavy atom. The van der Waals surface area contributed by atoms with Crippen molar-refractivity contribution >= 4 is 5.91 Å². The van der Waals surface area contributed by atoms with Crippen molar-refractivity contribution in [3.63, 3.8) is 0 Å². The molecule has 1 aromatic rings. The van der Waals surface area contributed by atoms with Gasteiger partial charge in [0, 0.05) is 19.2 Å². The average Bonchev–Trinajstić information content (AvgIpc) is 3.54. The summed E-state index contributed by atoms with van der Waals surface area (Å²) in [5.74, 6) is 1.89. The normalized spacial score (nSPS) is 28.9. The summed E-state index contributed by atoms with van der Waals surface area (Å²) in [6.45, 7) is 2.56. The lowest BCUT2D eigenvalue weighted by atomic mass is 9.88. The number of hydrogen-bond acceptors (Lipinski definition) is 5. The Kier molecular flexibility index (Phi) is 6.07. The predicted octanol–water partition coefficient (Wildman–Crippen LogP) is 3.76. The second-order valence-electron chi connectivity index (χ2n) is 8.76. The van der Waals surface area contributed by atoms with E-state index in [1.54, 1.807) is 0 Å². The lowest BCUT2D eigenvalue weighted by molar-refractivity contribution is -0.175. The van der Waals surface area contributed by atoms with Gasteiger partial charge in [0.15, 0.2) is 12.0 Å². The van der Waals surface area contributed by atoms with E-state index in [1.165, 1.54) is 24.8 Å². The molecule has 30 heavy (non-hydrogen) atoms. The number of carbonyl (C=O) groups excluding carboxylic acids is 1. The first-order valence-electron chi connectivity index (χ1n) is 11.4. The van der Waals surface area contributed by atoms with Gasteiger partial charge >= 0.3 is 0 Å². The fourth-order valence-electron chi connectivity index (χ4n) is 4.41. The molecule has 1 aromatic carbocycles. The Morgan fingerprint density at radius 3 is 2.53 bits per heavy atom. The SMILES string of the molecule is O=C1C(Oc2ccc(C3CC3)cc2)=CCN1[C@H]1C[C@@H](OCCOC2CCCCO2)C1. The van der Waals surface area contributed by atoms with Crippen LogP contribution in [0.15, 0.2) is 36.1 Å². The number of rotatable bonds is 9. The van der Waals surface area contributed by atoms with E-state index < -0.39 is 0 Å². The third kappa shape index (κ3) is 4.71. The minimum Gasteiger partial charge on any atom is -0.452 e. The van der Waals surface area contributed by atoms with Crippen LogP contribution in [0.25, 0.3) is 0 Å². The highest BCUT2D eigenvalue weighted by atomic mass is 16.7. The molecular weight excluding hydrogens is 382 g/mol. The average molecular weight is 414 g/mol. The maximum atomic E-state index is 12.7. The largest absolute Gasteiger partial charge is 0.452 e. The van der Waals surface area contributed by atoms with Crippen LogP contribution in [-0.2, 0) is 19.0 Å². The first kappa shape index (κ1) is 20.0. The topological polar surface area (TPSA) is 57.2 Å². The summed E-state index contributed by atoms with van der Waals surface area (Å²) in [7, 11) is 0. The summed E-state index contributed by atoms with van der Waals surface area (Å²) in [5, 5.41) is 0. The Morgan fingerprint density at radius 1 is 1.00 bits per heavy atom. The molecule has 2 aliphatic carbocycles. The van der Waals surface area contributed by atoms with Crippen molar-refractivity contribution < 1.29 is 23.7 Å². The first-order chi connectivity index (χ1) is 14.8. The van der Waals surface area contributed by atoms with Crippen LogP contribution in [0, 0.1) is 0 Å². The third-order valence-electron chi connectivity index (χ3n) is 6.49. The van der Waals surface area contributed by atoms with Crippen molar-refractivity contribution in [3.05, 3.63) is 41.7 Å². The lowest BCUT2D eigenvalue weighted by Gasteiger charge is -2.40. The number of nitrogens with zero attached hydrogens (tertiary/aromatic N) is 1. The summed E-state index contributed by atoms with van der Waals surface area (Å²) < 4.78 is 23.0. The molecule has 1 saturated heterocycles. The Balaban J connectivity index is 1.00. The van der Waals surface area contributed by atoms with Crippen molar-refractivity contribution in [2.75, 3.05) is 26.4 Å². The molecule has 1 unspecified atom stereocenters. The van der Waals surface area contributed by atoms with Gasteiger partial charge in [-0.2, -0.15) is 0 Å².